The molecule has 8 nitrogen and oxygen atoms in total. The third-order valence-electron chi connectivity index (χ3n) is 4.00. The van der Waals surface area contributed by atoms with Crippen molar-refractivity contribution in [1.29, 1.82) is 0 Å². The molecule has 1 amide bonds. The first-order valence-corrected chi connectivity index (χ1v) is 8.31. The number of nitrogens with one attached hydrogen (secondary N) is 1. The number of hydrogen-bond donors (Lipinski definition) is 2. The number of carboxylic acid groups (broad SMARTS) is 1. The van der Waals surface area contributed by atoms with Crippen molar-refractivity contribution in [3.63, 3.8) is 0 Å². The van der Waals surface area contributed by atoms with Crippen LogP contribution in [0.25, 0.3) is 0 Å². The number of fused-ring (bicyclic) bond motifs is 1. The Kier molecular flexibility index (Phi) is 4.89. The minimum Gasteiger partial charge on any atom is -0.478 e. The van der Waals surface area contributed by atoms with Crippen molar-refractivity contribution in [2.75, 3.05) is 11.4 Å². The minimum atomic E-state index is -1.06. The van der Waals surface area contributed by atoms with E-state index in [1.165, 1.54) is 12.3 Å². The number of carboxylic acids is 1. The van der Waals surface area contributed by atoms with Gasteiger partial charge in [0.15, 0.2) is 0 Å². The van der Waals surface area contributed by atoms with E-state index in [9.17, 15) is 9.59 Å². The molecule has 1 aliphatic rings. The zero-order valence-corrected chi connectivity index (χ0v) is 14.5. The molecule has 0 spiro atoms. The topological polar surface area (TPSA) is 100 Å². The van der Waals surface area contributed by atoms with Gasteiger partial charge in [-0.2, -0.15) is 5.10 Å². The maximum Gasteiger partial charge on any atom is 0.337 e. The predicted molar refractivity (Wildman–Crippen MR) is 91.6 cm³/mol. The number of hydrogen-bond acceptors (Lipinski definition) is 5. The zero-order valence-electron chi connectivity index (χ0n) is 13.7. The Bertz CT molecular complexity index is 820. The molecule has 9 heteroatoms. The molecule has 2 aromatic rings. The predicted octanol–water partition coefficient (Wildman–Crippen LogP) is 1.68. The molecule has 0 aromatic carbocycles. The van der Waals surface area contributed by atoms with E-state index in [2.05, 4.69) is 15.4 Å². The van der Waals surface area contributed by atoms with E-state index >= 15 is 0 Å². The van der Waals surface area contributed by atoms with Gasteiger partial charge in [0.05, 0.1) is 41.6 Å². The summed E-state index contributed by atoms with van der Waals surface area (Å²) in [5.74, 6) is -0.515. The number of rotatable bonds is 5. The number of amides is 1. The molecule has 0 saturated heterocycles. The molecule has 0 aliphatic carbocycles. The lowest BCUT2D eigenvalue weighted by atomic mass is 10.2. The van der Waals surface area contributed by atoms with Gasteiger partial charge in [0, 0.05) is 19.2 Å². The SMILES string of the molecule is CCC(=O)NCc1cc2n(n1)CCN(c1ncc(C(=O)O)cc1Cl)C2. The average molecular weight is 364 g/mol. The molecule has 132 valence electrons. The molecule has 0 radical (unpaired) electrons. The van der Waals surface area contributed by atoms with Crippen molar-refractivity contribution >= 4 is 29.3 Å². The number of pyridine rings is 1. The Morgan fingerprint density at radius 1 is 1.36 bits per heavy atom. The summed E-state index contributed by atoms with van der Waals surface area (Å²) in [6, 6.07) is 3.35. The molecule has 2 N–H and O–H groups in total. The molecule has 0 atom stereocenters. The van der Waals surface area contributed by atoms with E-state index in [0.717, 1.165) is 11.4 Å². The molecule has 3 rings (SSSR count). The van der Waals surface area contributed by atoms with Crippen molar-refractivity contribution in [3.8, 4) is 0 Å². The van der Waals surface area contributed by atoms with Crippen LogP contribution < -0.4 is 10.2 Å². The minimum absolute atomic E-state index is 0.0119. The van der Waals surface area contributed by atoms with E-state index in [4.69, 9.17) is 16.7 Å². The highest BCUT2D eigenvalue weighted by molar-refractivity contribution is 6.33. The van der Waals surface area contributed by atoms with Crippen molar-refractivity contribution in [2.24, 2.45) is 0 Å². The Labute approximate surface area is 149 Å². The third-order valence-corrected chi connectivity index (χ3v) is 4.28. The first-order valence-electron chi connectivity index (χ1n) is 7.94. The van der Waals surface area contributed by atoms with Crippen LogP contribution in [0.1, 0.15) is 35.1 Å². The number of aromatic nitrogens is 3. The van der Waals surface area contributed by atoms with Crippen LogP contribution in [0.15, 0.2) is 18.3 Å². The maximum absolute atomic E-state index is 11.4. The van der Waals surface area contributed by atoms with Gasteiger partial charge in [-0.1, -0.05) is 18.5 Å². The number of halogens is 1. The molecule has 1 aliphatic heterocycles. The smallest absolute Gasteiger partial charge is 0.337 e. The molecule has 0 fully saturated rings. The summed E-state index contributed by atoms with van der Waals surface area (Å²) in [6.45, 7) is 4.09. The molecule has 0 saturated carbocycles. The lowest BCUT2D eigenvalue weighted by molar-refractivity contribution is -0.120. The number of anilines is 1. The Morgan fingerprint density at radius 2 is 2.16 bits per heavy atom. The highest BCUT2D eigenvalue weighted by Gasteiger charge is 2.22. The first kappa shape index (κ1) is 17.2. The van der Waals surface area contributed by atoms with Gasteiger partial charge in [0.25, 0.3) is 0 Å². The van der Waals surface area contributed by atoms with Gasteiger partial charge in [-0.05, 0) is 12.1 Å². The van der Waals surface area contributed by atoms with Crippen molar-refractivity contribution < 1.29 is 14.7 Å². The van der Waals surface area contributed by atoms with Crippen LogP contribution in [0.2, 0.25) is 5.02 Å². The summed E-state index contributed by atoms with van der Waals surface area (Å²) >= 11 is 6.20. The average Bonchev–Trinajstić information content (AvgIpc) is 3.01. The van der Waals surface area contributed by atoms with Crippen molar-refractivity contribution in [2.45, 2.75) is 33.0 Å². The Morgan fingerprint density at radius 3 is 2.84 bits per heavy atom. The van der Waals surface area contributed by atoms with Gasteiger partial charge in [-0.15, -0.1) is 0 Å². The van der Waals surface area contributed by atoms with Gasteiger partial charge in [-0.25, -0.2) is 9.78 Å². The second-order valence-electron chi connectivity index (χ2n) is 5.74. The molecule has 25 heavy (non-hydrogen) atoms. The van der Waals surface area contributed by atoms with Gasteiger partial charge in [0.1, 0.15) is 5.82 Å². The summed E-state index contributed by atoms with van der Waals surface area (Å²) in [5.41, 5.74) is 1.86. The summed E-state index contributed by atoms with van der Waals surface area (Å²) in [7, 11) is 0. The molecular formula is C16H18ClN5O3. The van der Waals surface area contributed by atoms with E-state index in [0.29, 0.717) is 43.4 Å². The fraction of sp³-hybridized carbons (Fsp3) is 0.375. The first-order chi connectivity index (χ1) is 12.0. The van der Waals surface area contributed by atoms with E-state index < -0.39 is 5.97 Å². The number of carbonyl (C=O) groups excluding carboxylic acids is 1. The number of nitrogens with zero attached hydrogens (tertiary/aromatic N) is 4. The number of aromatic carboxylic acids is 1. The van der Waals surface area contributed by atoms with E-state index in [-0.39, 0.29) is 11.5 Å². The summed E-state index contributed by atoms with van der Waals surface area (Å²) in [5, 5.41) is 16.6. The Hall–Kier alpha value is -2.61. The number of carbonyl (C=O) groups is 2. The van der Waals surface area contributed by atoms with Crippen LogP contribution in [0.4, 0.5) is 5.82 Å². The maximum atomic E-state index is 11.4. The molecule has 0 bridgehead atoms. The summed E-state index contributed by atoms with van der Waals surface area (Å²) < 4.78 is 1.91. The monoisotopic (exact) mass is 363 g/mol. The van der Waals surface area contributed by atoms with Crippen LogP contribution in [0.3, 0.4) is 0 Å². The van der Waals surface area contributed by atoms with Gasteiger partial charge < -0.3 is 15.3 Å². The molecular weight excluding hydrogens is 346 g/mol. The largest absolute Gasteiger partial charge is 0.478 e. The van der Waals surface area contributed by atoms with Crippen LogP contribution in [0.5, 0.6) is 0 Å². The van der Waals surface area contributed by atoms with E-state index in [1.54, 1.807) is 6.92 Å². The fourth-order valence-corrected chi connectivity index (χ4v) is 2.97. The van der Waals surface area contributed by atoms with Gasteiger partial charge in [-0.3, -0.25) is 9.48 Å². The van der Waals surface area contributed by atoms with E-state index in [1.807, 2.05) is 15.6 Å². The van der Waals surface area contributed by atoms with Crippen LogP contribution >= 0.6 is 11.6 Å². The molecule has 0 unspecified atom stereocenters. The second-order valence-corrected chi connectivity index (χ2v) is 6.14. The van der Waals surface area contributed by atoms with Crippen LogP contribution in [0, 0.1) is 0 Å². The Balaban J connectivity index is 1.74. The van der Waals surface area contributed by atoms with Crippen LogP contribution in [-0.2, 0) is 24.4 Å². The molecule has 3 heterocycles. The fourth-order valence-electron chi connectivity index (χ4n) is 2.69. The lowest BCUT2D eigenvalue weighted by Gasteiger charge is -2.29. The normalized spacial score (nSPS) is 13.4. The lowest BCUT2D eigenvalue weighted by Crippen LogP contribution is -2.34. The van der Waals surface area contributed by atoms with Crippen molar-refractivity contribution in [1.82, 2.24) is 20.1 Å². The highest BCUT2D eigenvalue weighted by Crippen LogP contribution is 2.27. The quantitative estimate of drug-likeness (QED) is 0.838. The standard InChI is InChI=1S/C16H18ClN5O3/c1-2-14(23)18-8-11-6-12-9-21(3-4-22(12)20-11)15-13(17)5-10(7-19-15)16(24)25/h5-7H,2-4,8-9H2,1H3,(H,18,23)(H,24,25). The summed E-state index contributed by atoms with van der Waals surface area (Å²) in [4.78, 5) is 28.5. The molecule has 2 aromatic heterocycles. The van der Waals surface area contributed by atoms with Gasteiger partial charge in [0.2, 0.25) is 5.91 Å². The second kappa shape index (κ2) is 7.10. The van der Waals surface area contributed by atoms with Crippen molar-refractivity contribution in [3.05, 3.63) is 40.3 Å². The third kappa shape index (κ3) is 3.74. The zero-order chi connectivity index (χ0) is 18.0. The van der Waals surface area contributed by atoms with Crippen LogP contribution in [-0.4, -0.2) is 38.3 Å². The highest BCUT2D eigenvalue weighted by atomic mass is 35.5. The summed E-state index contributed by atoms with van der Waals surface area (Å²) in [6.07, 6.45) is 1.75. The van der Waals surface area contributed by atoms with Gasteiger partial charge >= 0.3 is 5.97 Å².